The minimum atomic E-state index is -1.29. The van der Waals surface area contributed by atoms with Crippen molar-refractivity contribution >= 4 is 16.9 Å². The molecule has 0 unspecified atom stereocenters. The van der Waals surface area contributed by atoms with Gasteiger partial charge < -0.3 is 23.5 Å². The van der Waals surface area contributed by atoms with Gasteiger partial charge in [0.05, 0.1) is 42.2 Å². The summed E-state index contributed by atoms with van der Waals surface area (Å²) in [5.74, 6) is -0.276. The van der Waals surface area contributed by atoms with E-state index in [1.54, 1.807) is 11.7 Å². The molecule has 34 heavy (non-hydrogen) atoms. The first-order valence-electron chi connectivity index (χ1n) is 11.3. The lowest BCUT2D eigenvalue weighted by Crippen LogP contribution is -2.42. The first kappa shape index (κ1) is 22.3. The van der Waals surface area contributed by atoms with Gasteiger partial charge in [0.25, 0.3) is 5.56 Å². The van der Waals surface area contributed by atoms with Crippen LogP contribution in [0.4, 0.5) is 0 Å². The second-order valence-electron chi connectivity index (χ2n) is 8.41. The van der Waals surface area contributed by atoms with Gasteiger partial charge in [0.2, 0.25) is 0 Å². The van der Waals surface area contributed by atoms with Crippen LogP contribution in [-0.2, 0) is 42.5 Å². The molecular formula is C26H26N2O6. The monoisotopic (exact) mass is 462 g/mol. The van der Waals surface area contributed by atoms with Gasteiger partial charge in [0.1, 0.15) is 19.0 Å². The van der Waals surface area contributed by atoms with E-state index in [0.717, 1.165) is 22.2 Å². The number of para-hydroxylation sites is 1. The average molecular weight is 463 g/mol. The third kappa shape index (κ3) is 3.50. The van der Waals surface area contributed by atoms with E-state index in [4.69, 9.17) is 23.9 Å². The molecule has 8 nitrogen and oxygen atoms in total. The Bertz CT molecular complexity index is 1360. The molecule has 176 valence electrons. The maximum Gasteiger partial charge on any atom is 0.333 e. The predicted molar refractivity (Wildman–Crippen MR) is 125 cm³/mol. The van der Waals surface area contributed by atoms with E-state index in [1.807, 2.05) is 37.3 Å². The van der Waals surface area contributed by atoms with Crippen LogP contribution >= 0.6 is 0 Å². The molecule has 8 heteroatoms. The van der Waals surface area contributed by atoms with E-state index in [1.165, 1.54) is 0 Å². The van der Waals surface area contributed by atoms with E-state index in [2.05, 4.69) is 12.6 Å². The number of hydrogen-bond donors (Lipinski definition) is 0. The van der Waals surface area contributed by atoms with Crippen molar-refractivity contribution in [3.63, 3.8) is 0 Å². The highest BCUT2D eigenvalue weighted by atomic mass is 16.6. The molecule has 0 N–H and O–H groups in total. The number of pyridine rings is 2. The van der Waals surface area contributed by atoms with Gasteiger partial charge in [-0.3, -0.25) is 4.79 Å². The number of fused-ring (bicyclic) bond motifs is 5. The summed E-state index contributed by atoms with van der Waals surface area (Å²) < 4.78 is 23.7. The van der Waals surface area contributed by atoms with Crippen LogP contribution in [0, 0.1) is 0 Å². The van der Waals surface area contributed by atoms with Crippen LogP contribution in [0.5, 0.6) is 0 Å². The molecule has 0 radical (unpaired) electrons. The summed E-state index contributed by atoms with van der Waals surface area (Å²) in [7, 11) is 1.56. The van der Waals surface area contributed by atoms with Crippen molar-refractivity contribution in [1.82, 2.24) is 9.55 Å². The zero-order valence-corrected chi connectivity index (χ0v) is 19.3. The first-order valence-corrected chi connectivity index (χ1v) is 11.3. The highest BCUT2D eigenvalue weighted by molar-refractivity contribution is 5.84. The Hall–Kier alpha value is -3.49. The SMILES string of the molecule is C=C1OCc2c(cc3n(c2=O)Cc2cc4ccccc4nc2-3)[C@]1(CC)OC(=O)COCCOC. The van der Waals surface area contributed by atoms with Crippen LogP contribution in [0.3, 0.4) is 0 Å². The summed E-state index contributed by atoms with van der Waals surface area (Å²) >= 11 is 0. The van der Waals surface area contributed by atoms with Gasteiger partial charge in [-0.15, -0.1) is 0 Å². The largest absolute Gasteiger partial charge is 0.489 e. The van der Waals surface area contributed by atoms with E-state index in [0.29, 0.717) is 42.2 Å². The van der Waals surface area contributed by atoms with Crippen molar-refractivity contribution < 1.29 is 23.7 Å². The number of carbonyl (C=O) groups is 1. The smallest absolute Gasteiger partial charge is 0.333 e. The van der Waals surface area contributed by atoms with Crippen molar-refractivity contribution in [3.05, 3.63) is 75.8 Å². The second-order valence-corrected chi connectivity index (χ2v) is 8.41. The first-order chi connectivity index (χ1) is 16.5. The fraction of sp³-hybridized carbons (Fsp3) is 0.346. The quantitative estimate of drug-likeness (QED) is 0.308. The van der Waals surface area contributed by atoms with Gasteiger partial charge in [-0.1, -0.05) is 31.7 Å². The fourth-order valence-electron chi connectivity index (χ4n) is 4.73. The Labute approximate surface area is 196 Å². The molecule has 0 saturated heterocycles. The van der Waals surface area contributed by atoms with Crippen LogP contribution in [0.2, 0.25) is 0 Å². The van der Waals surface area contributed by atoms with Crippen LogP contribution < -0.4 is 5.56 Å². The lowest BCUT2D eigenvalue weighted by molar-refractivity contribution is -0.169. The molecule has 0 fully saturated rings. The van der Waals surface area contributed by atoms with Crippen molar-refractivity contribution in [2.45, 2.75) is 32.1 Å². The molecule has 0 amide bonds. The van der Waals surface area contributed by atoms with Crippen LogP contribution in [0.25, 0.3) is 22.3 Å². The molecule has 0 bridgehead atoms. The molecule has 2 aliphatic rings. The lowest BCUT2D eigenvalue weighted by atomic mass is 9.84. The number of ether oxygens (including phenoxy) is 4. The van der Waals surface area contributed by atoms with Crippen LogP contribution in [0.15, 0.2) is 53.5 Å². The zero-order chi connectivity index (χ0) is 23.9. The number of benzene rings is 1. The van der Waals surface area contributed by atoms with Gasteiger partial charge in [-0.2, -0.15) is 0 Å². The van der Waals surface area contributed by atoms with Gasteiger partial charge in [-0.05, 0) is 24.6 Å². The number of aromatic nitrogens is 2. The molecule has 2 aromatic heterocycles. The number of nitrogens with zero attached hydrogens (tertiary/aromatic N) is 2. The topological polar surface area (TPSA) is 88.9 Å². The number of esters is 1. The van der Waals surface area contributed by atoms with E-state index >= 15 is 0 Å². The molecule has 3 aromatic rings. The number of hydrogen-bond acceptors (Lipinski definition) is 7. The Morgan fingerprint density at radius 1 is 1.26 bits per heavy atom. The zero-order valence-electron chi connectivity index (χ0n) is 19.3. The molecule has 0 spiro atoms. The van der Waals surface area contributed by atoms with Gasteiger partial charge in [0, 0.05) is 23.6 Å². The lowest BCUT2D eigenvalue weighted by Gasteiger charge is -2.39. The van der Waals surface area contributed by atoms with Crippen molar-refractivity contribution in [2.75, 3.05) is 26.9 Å². The highest BCUT2D eigenvalue weighted by Gasteiger charge is 2.46. The number of methoxy groups -OCH3 is 1. The second kappa shape index (κ2) is 8.70. The van der Waals surface area contributed by atoms with Gasteiger partial charge >= 0.3 is 5.97 Å². The third-order valence-corrected chi connectivity index (χ3v) is 6.49. The summed E-state index contributed by atoms with van der Waals surface area (Å²) in [6, 6.07) is 11.8. The summed E-state index contributed by atoms with van der Waals surface area (Å²) in [6.45, 7) is 6.79. The van der Waals surface area contributed by atoms with Crippen molar-refractivity contribution in [3.8, 4) is 11.4 Å². The fourth-order valence-corrected chi connectivity index (χ4v) is 4.73. The standard InChI is InChI=1S/C26H26N2O6/c1-4-26(34-23(29)15-32-10-9-31-3)16(2)33-14-19-20(26)12-22-24-18(13-28(22)25(19)30)11-17-7-5-6-8-21(17)27-24/h5-8,11-12H,2,4,9-10,13-15H2,1,3H3/t26-/m1/s1. The minimum Gasteiger partial charge on any atom is -0.489 e. The van der Waals surface area contributed by atoms with Gasteiger partial charge in [0.15, 0.2) is 5.60 Å². The summed E-state index contributed by atoms with van der Waals surface area (Å²) in [5, 5.41) is 1.02. The molecule has 1 aromatic carbocycles. The van der Waals surface area contributed by atoms with Crippen LogP contribution in [0.1, 0.15) is 30.0 Å². The van der Waals surface area contributed by atoms with E-state index in [9.17, 15) is 9.59 Å². The Morgan fingerprint density at radius 3 is 2.88 bits per heavy atom. The Balaban J connectivity index is 1.59. The van der Waals surface area contributed by atoms with E-state index in [-0.39, 0.29) is 25.4 Å². The Morgan fingerprint density at radius 2 is 2.09 bits per heavy atom. The van der Waals surface area contributed by atoms with Crippen molar-refractivity contribution in [2.24, 2.45) is 0 Å². The highest BCUT2D eigenvalue weighted by Crippen LogP contribution is 2.44. The maximum absolute atomic E-state index is 13.6. The molecule has 4 heterocycles. The number of rotatable bonds is 7. The molecular weight excluding hydrogens is 436 g/mol. The molecule has 0 aliphatic carbocycles. The molecule has 0 saturated carbocycles. The molecule has 5 rings (SSSR count). The van der Waals surface area contributed by atoms with E-state index < -0.39 is 11.6 Å². The number of carbonyl (C=O) groups excluding carboxylic acids is 1. The summed E-state index contributed by atoms with van der Waals surface area (Å²) in [6.07, 6.45) is 0.351. The third-order valence-electron chi connectivity index (χ3n) is 6.49. The average Bonchev–Trinajstić information content (AvgIpc) is 3.20. The Kier molecular flexibility index (Phi) is 5.71. The summed E-state index contributed by atoms with van der Waals surface area (Å²) in [5.41, 5.74) is 2.88. The minimum absolute atomic E-state index is 0.0721. The summed E-state index contributed by atoms with van der Waals surface area (Å²) in [4.78, 5) is 31.1. The van der Waals surface area contributed by atoms with Crippen LogP contribution in [-0.4, -0.2) is 42.5 Å². The maximum atomic E-state index is 13.6. The van der Waals surface area contributed by atoms with Gasteiger partial charge in [-0.25, -0.2) is 9.78 Å². The molecule has 1 atom stereocenters. The van der Waals surface area contributed by atoms with Crippen molar-refractivity contribution in [1.29, 1.82) is 0 Å². The normalized spacial score (nSPS) is 18.2. The predicted octanol–water partition coefficient (Wildman–Crippen LogP) is 3.28. The molecule has 2 aliphatic heterocycles.